The molecule has 0 bridgehead atoms. The lowest BCUT2D eigenvalue weighted by Crippen LogP contribution is -2.42. The molecule has 1 saturated carbocycles. The highest BCUT2D eigenvalue weighted by Crippen LogP contribution is 2.32. The van der Waals surface area contributed by atoms with E-state index in [4.69, 9.17) is 4.74 Å². The van der Waals surface area contributed by atoms with Gasteiger partial charge in [0.2, 0.25) is 5.91 Å². The number of hydrogen-bond donors (Lipinski definition) is 1. The minimum atomic E-state index is 0.0737. The molecular formula is C12H22N2O2. The summed E-state index contributed by atoms with van der Waals surface area (Å²) in [6.45, 7) is 3.35. The minimum absolute atomic E-state index is 0.0737. The maximum Gasteiger partial charge on any atom is 0.224 e. The Bertz CT molecular complexity index is 235. The molecule has 0 aromatic carbocycles. The molecule has 92 valence electrons. The molecule has 0 aromatic heterocycles. The van der Waals surface area contributed by atoms with Crippen LogP contribution in [0.4, 0.5) is 0 Å². The van der Waals surface area contributed by atoms with E-state index in [1.807, 2.05) is 11.9 Å². The quantitative estimate of drug-likeness (QED) is 0.747. The molecule has 4 nitrogen and oxygen atoms in total. The van der Waals surface area contributed by atoms with E-state index in [2.05, 4.69) is 5.32 Å². The molecule has 1 N–H and O–H groups in total. The fourth-order valence-corrected chi connectivity index (χ4v) is 2.01. The highest BCUT2D eigenvalue weighted by molar-refractivity contribution is 5.76. The van der Waals surface area contributed by atoms with Crippen LogP contribution >= 0.6 is 0 Å². The van der Waals surface area contributed by atoms with E-state index in [0.29, 0.717) is 6.42 Å². The first-order valence-electron chi connectivity index (χ1n) is 6.32. The van der Waals surface area contributed by atoms with Crippen molar-refractivity contribution in [3.05, 3.63) is 0 Å². The number of carbonyl (C=O) groups excluding carboxylic acids is 1. The number of nitrogens with zero attached hydrogens (tertiary/aromatic N) is 1. The Balaban J connectivity index is 1.64. The molecule has 1 aliphatic carbocycles. The van der Waals surface area contributed by atoms with Gasteiger partial charge in [-0.15, -0.1) is 0 Å². The lowest BCUT2D eigenvalue weighted by atomic mass is 10.2. The number of amides is 1. The fourth-order valence-electron chi connectivity index (χ4n) is 2.01. The summed E-state index contributed by atoms with van der Waals surface area (Å²) in [7, 11) is 1.90. The molecule has 2 rings (SSSR count). The smallest absolute Gasteiger partial charge is 0.224 e. The van der Waals surface area contributed by atoms with Crippen LogP contribution < -0.4 is 5.32 Å². The van der Waals surface area contributed by atoms with Gasteiger partial charge in [-0.2, -0.15) is 0 Å². The average Bonchev–Trinajstić information content (AvgIpc) is 3.11. The predicted molar refractivity (Wildman–Crippen MR) is 62.2 cm³/mol. The largest absolute Gasteiger partial charge is 0.375 e. The molecule has 1 saturated heterocycles. The van der Waals surface area contributed by atoms with Gasteiger partial charge in [0.25, 0.3) is 0 Å². The maximum atomic E-state index is 11.9. The van der Waals surface area contributed by atoms with E-state index in [1.54, 1.807) is 0 Å². The van der Waals surface area contributed by atoms with Crippen molar-refractivity contribution in [2.45, 2.75) is 31.8 Å². The Kier molecular flexibility index (Phi) is 4.18. The Morgan fingerprint density at radius 3 is 2.94 bits per heavy atom. The number of ether oxygens (including phenoxy) is 1. The van der Waals surface area contributed by atoms with Crippen LogP contribution in [0, 0.1) is 5.92 Å². The van der Waals surface area contributed by atoms with Crippen LogP contribution in [0.5, 0.6) is 0 Å². The van der Waals surface area contributed by atoms with Crippen molar-refractivity contribution in [2.75, 3.05) is 33.3 Å². The summed E-state index contributed by atoms with van der Waals surface area (Å²) < 4.78 is 5.53. The lowest BCUT2D eigenvalue weighted by Gasteiger charge is -2.25. The molecule has 4 heteroatoms. The molecule has 1 amide bonds. The molecule has 1 atom stereocenters. The van der Waals surface area contributed by atoms with Gasteiger partial charge in [0.05, 0.1) is 19.1 Å². The van der Waals surface area contributed by atoms with Gasteiger partial charge in [-0.3, -0.25) is 4.79 Å². The third-order valence-electron chi connectivity index (χ3n) is 3.40. The van der Waals surface area contributed by atoms with Crippen molar-refractivity contribution in [1.82, 2.24) is 10.2 Å². The molecule has 0 aromatic rings. The van der Waals surface area contributed by atoms with Gasteiger partial charge < -0.3 is 15.0 Å². The van der Waals surface area contributed by atoms with E-state index >= 15 is 0 Å². The van der Waals surface area contributed by atoms with Crippen molar-refractivity contribution in [3.63, 3.8) is 0 Å². The van der Waals surface area contributed by atoms with E-state index in [-0.39, 0.29) is 12.0 Å². The summed E-state index contributed by atoms with van der Waals surface area (Å²) in [5.74, 6) is 1.11. The van der Waals surface area contributed by atoms with Gasteiger partial charge in [0.1, 0.15) is 0 Å². The van der Waals surface area contributed by atoms with Gasteiger partial charge in [-0.05, 0) is 12.3 Å². The second kappa shape index (κ2) is 5.64. The second-order valence-corrected chi connectivity index (χ2v) is 4.95. The highest BCUT2D eigenvalue weighted by atomic mass is 16.5. The topological polar surface area (TPSA) is 41.6 Å². The predicted octanol–water partition coefficient (Wildman–Crippen LogP) is 0.623. The zero-order valence-electron chi connectivity index (χ0n) is 10.1. The summed E-state index contributed by atoms with van der Waals surface area (Å²) >= 11 is 0. The van der Waals surface area contributed by atoms with Gasteiger partial charge in [0, 0.05) is 26.7 Å². The van der Waals surface area contributed by atoms with Crippen molar-refractivity contribution >= 4 is 5.91 Å². The van der Waals surface area contributed by atoms with Gasteiger partial charge in [-0.1, -0.05) is 12.8 Å². The first-order valence-corrected chi connectivity index (χ1v) is 6.32. The average molecular weight is 226 g/mol. The molecule has 1 aliphatic heterocycles. The molecule has 1 unspecified atom stereocenters. The SMILES string of the molecule is CN(CCC1CC1)C(=O)CC1CNCCO1. The first kappa shape index (κ1) is 11.9. The van der Waals surface area contributed by atoms with Crippen molar-refractivity contribution in [2.24, 2.45) is 5.92 Å². The molecule has 0 spiro atoms. The zero-order chi connectivity index (χ0) is 11.4. The van der Waals surface area contributed by atoms with Crippen LogP contribution in [0.3, 0.4) is 0 Å². The zero-order valence-corrected chi connectivity index (χ0v) is 10.1. The Morgan fingerprint density at radius 2 is 2.31 bits per heavy atom. The minimum Gasteiger partial charge on any atom is -0.375 e. The molecule has 16 heavy (non-hydrogen) atoms. The van der Waals surface area contributed by atoms with Crippen molar-refractivity contribution < 1.29 is 9.53 Å². The fraction of sp³-hybridized carbons (Fsp3) is 0.917. The molecule has 2 fully saturated rings. The van der Waals surface area contributed by atoms with Crippen molar-refractivity contribution in [1.29, 1.82) is 0 Å². The Morgan fingerprint density at radius 1 is 1.50 bits per heavy atom. The Hall–Kier alpha value is -0.610. The van der Waals surface area contributed by atoms with E-state index in [9.17, 15) is 4.79 Å². The second-order valence-electron chi connectivity index (χ2n) is 4.95. The molecule has 1 heterocycles. The summed E-state index contributed by atoms with van der Waals surface area (Å²) in [6.07, 6.45) is 4.49. The van der Waals surface area contributed by atoms with E-state index in [0.717, 1.165) is 32.2 Å². The summed E-state index contributed by atoms with van der Waals surface area (Å²) in [5.41, 5.74) is 0. The number of rotatable bonds is 5. The van der Waals surface area contributed by atoms with Gasteiger partial charge >= 0.3 is 0 Å². The molecule has 2 aliphatic rings. The third kappa shape index (κ3) is 3.76. The normalized spacial score (nSPS) is 25.4. The summed E-state index contributed by atoms with van der Waals surface area (Å²) in [6, 6.07) is 0. The summed E-state index contributed by atoms with van der Waals surface area (Å²) in [5, 5.41) is 3.24. The van der Waals surface area contributed by atoms with Crippen LogP contribution in [0.25, 0.3) is 0 Å². The Labute approximate surface area is 97.3 Å². The van der Waals surface area contributed by atoms with Gasteiger partial charge in [-0.25, -0.2) is 0 Å². The van der Waals surface area contributed by atoms with Crippen LogP contribution in [0.15, 0.2) is 0 Å². The standard InChI is InChI=1S/C12H22N2O2/c1-14(6-4-10-2-3-10)12(15)8-11-9-13-5-7-16-11/h10-11,13H,2-9H2,1H3. The van der Waals surface area contributed by atoms with Crippen molar-refractivity contribution in [3.8, 4) is 0 Å². The first-order chi connectivity index (χ1) is 7.75. The molecule has 0 radical (unpaired) electrons. The number of morpholine rings is 1. The number of nitrogens with one attached hydrogen (secondary N) is 1. The lowest BCUT2D eigenvalue weighted by molar-refractivity contribution is -0.133. The number of carbonyl (C=O) groups is 1. The van der Waals surface area contributed by atoms with E-state index < -0.39 is 0 Å². The van der Waals surface area contributed by atoms with Crippen LogP contribution in [0.1, 0.15) is 25.7 Å². The van der Waals surface area contributed by atoms with E-state index in [1.165, 1.54) is 19.3 Å². The number of hydrogen-bond acceptors (Lipinski definition) is 3. The highest BCUT2D eigenvalue weighted by Gasteiger charge is 2.23. The van der Waals surface area contributed by atoms with Crippen LogP contribution in [0.2, 0.25) is 0 Å². The third-order valence-corrected chi connectivity index (χ3v) is 3.40. The van der Waals surface area contributed by atoms with Crippen LogP contribution in [-0.2, 0) is 9.53 Å². The van der Waals surface area contributed by atoms with Gasteiger partial charge in [0.15, 0.2) is 0 Å². The maximum absolute atomic E-state index is 11.9. The van der Waals surface area contributed by atoms with Crippen LogP contribution in [-0.4, -0.2) is 50.2 Å². The summed E-state index contributed by atoms with van der Waals surface area (Å²) in [4.78, 5) is 13.7. The molecular weight excluding hydrogens is 204 g/mol. The monoisotopic (exact) mass is 226 g/mol.